The van der Waals surface area contributed by atoms with E-state index < -0.39 is 0 Å². The molecule has 354 valence electrons. The van der Waals surface area contributed by atoms with E-state index in [2.05, 4.69) is 272 Å². The Morgan fingerprint density at radius 3 is 1.36 bits per heavy atom. The van der Waals surface area contributed by atoms with Crippen molar-refractivity contribution in [2.75, 3.05) is 9.80 Å². The summed E-state index contributed by atoms with van der Waals surface area (Å²) < 4.78 is 5.11. The third-order valence-electron chi connectivity index (χ3n) is 15.9. The van der Waals surface area contributed by atoms with Crippen molar-refractivity contribution >= 4 is 132 Å². The van der Waals surface area contributed by atoms with Crippen molar-refractivity contribution in [3.05, 3.63) is 223 Å². The van der Waals surface area contributed by atoms with Gasteiger partial charge in [-0.05, 0) is 129 Å². The van der Waals surface area contributed by atoms with E-state index in [1.54, 1.807) is 0 Å². The van der Waals surface area contributed by atoms with E-state index in [0.717, 1.165) is 61.7 Å². The molecule has 0 saturated carbocycles. The van der Waals surface area contributed by atoms with Gasteiger partial charge < -0.3 is 14.2 Å². The minimum absolute atomic E-state index is 0.123. The number of hydrogen-bond acceptors (Lipinski definition) is 3. The zero-order valence-corrected chi connectivity index (χ0v) is 42.4. The average molecular weight is 952 g/mol. The highest BCUT2D eigenvalue weighted by molar-refractivity contribution is 6.35. The Hall–Kier alpha value is -8.93. The quantitative estimate of drug-likeness (QED) is 0.166. The van der Waals surface area contributed by atoms with E-state index in [-0.39, 0.29) is 10.8 Å². The minimum Gasteiger partial charge on any atom is -0.308 e. The molecule has 0 fully saturated rings. The van der Waals surface area contributed by atoms with Crippen LogP contribution in [0.5, 0.6) is 0 Å². The van der Waals surface area contributed by atoms with Crippen LogP contribution in [0.1, 0.15) is 52.7 Å². The third-order valence-corrected chi connectivity index (χ3v) is 15.9. The fourth-order valence-corrected chi connectivity index (χ4v) is 12.4. The molecule has 0 unspecified atom stereocenters. The molecule has 0 atom stereocenters. The minimum atomic E-state index is -0.130. The zero-order valence-electron chi connectivity index (χ0n) is 42.4. The molecule has 74 heavy (non-hydrogen) atoms. The Balaban J connectivity index is 1.18. The number of nitrogens with zero attached hydrogens (tertiary/aromatic N) is 5. The highest BCUT2D eigenvalue weighted by Crippen LogP contribution is 2.53. The van der Waals surface area contributed by atoms with Crippen LogP contribution in [-0.2, 0) is 10.8 Å². The zero-order chi connectivity index (χ0) is 49.8. The largest absolute Gasteiger partial charge is 0.308 e. The van der Waals surface area contributed by atoms with E-state index in [1.165, 1.54) is 81.5 Å². The Bertz CT molecular complexity index is 4630. The van der Waals surface area contributed by atoms with Gasteiger partial charge in [0.25, 0.3) is 0 Å². The number of fused-ring (bicyclic) bond motifs is 15. The summed E-state index contributed by atoms with van der Waals surface area (Å²) in [6, 6.07) is 78.5. The van der Waals surface area contributed by atoms with Crippen LogP contribution >= 0.6 is 0 Å². The molecule has 0 amide bonds. The maximum atomic E-state index is 6.13. The molecular formula is C69H53N5. The normalized spacial score (nSPS) is 12.7. The number of pyridine rings is 1. The smallest absolute Gasteiger partial charge is 0.146 e. The Kier molecular flexibility index (Phi) is 8.83. The van der Waals surface area contributed by atoms with Crippen LogP contribution in [0.2, 0.25) is 0 Å². The molecule has 5 nitrogen and oxygen atoms in total. The molecule has 15 aromatic rings. The van der Waals surface area contributed by atoms with Gasteiger partial charge >= 0.3 is 0 Å². The first-order valence-electron chi connectivity index (χ1n) is 26.0. The highest BCUT2D eigenvalue weighted by atomic mass is 15.2. The van der Waals surface area contributed by atoms with Crippen LogP contribution < -0.4 is 9.80 Å². The molecule has 0 aliphatic heterocycles. The van der Waals surface area contributed by atoms with Gasteiger partial charge in [0.2, 0.25) is 0 Å². The Morgan fingerprint density at radius 1 is 0.351 bits per heavy atom. The number of aromatic nitrogens is 3. The van der Waals surface area contributed by atoms with Gasteiger partial charge in [-0.15, -0.1) is 0 Å². The molecule has 0 N–H and O–H groups in total. The van der Waals surface area contributed by atoms with Crippen molar-refractivity contribution in [1.29, 1.82) is 0 Å². The van der Waals surface area contributed by atoms with Gasteiger partial charge in [-0.2, -0.15) is 0 Å². The van der Waals surface area contributed by atoms with E-state index in [9.17, 15) is 0 Å². The van der Waals surface area contributed by atoms with Crippen LogP contribution in [0, 0.1) is 0 Å². The van der Waals surface area contributed by atoms with Crippen molar-refractivity contribution < 1.29 is 0 Å². The summed E-state index contributed by atoms with van der Waals surface area (Å²) >= 11 is 0. The highest BCUT2D eigenvalue weighted by Gasteiger charge is 2.32. The molecule has 0 saturated heterocycles. The topological polar surface area (TPSA) is 28.2 Å². The summed E-state index contributed by atoms with van der Waals surface area (Å²) in [7, 11) is 0. The van der Waals surface area contributed by atoms with Crippen molar-refractivity contribution in [3.8, 4) is 0 Å². The molecule has 5 aromatic heterocycles. The van der Waals surface area contributed by atoms with Gasteiger partial charge in [-0.25, -0.2) is 4.98 Å². The number of benzene rings is 10. The lowest BCUT2D eigenvalue weighted by Gasteiger charge is -2.29. The van der Waals surface area contributed by atoms with Crippen molar-refractivity contribution in [1.82, 2.24) is 13.8 Å². The molecule has 5 heteroatoms. The molecular weight excluding hydrogens is 899 g/mol. The molecule has 0 aliphatic rings. The predicted molar refractivity (Wildman–Crippen MR) is 315 cm³/mol. The van der Waals surface area contributed by atoms with Gasteiger partial charge in [0.1, 0.15) is 5.65 Å². The van der Waals surface area contributed by atoms with Gasteiger partial charge in [0, 0.05) is 65.8 Å². The van der Waals surface area contributed by atoms with Crippen molar-refractivity contribution in [3.63, 3.8) is 0 Å². The molecule has 0 radical (unpaired) electrons. The van der Waals surface area contributed by atoms with E-state index in [4.69, 9.17) is 4.98 Å². The molecule has 0 spiro atoms. The molecule has 0 bridgehead atoms. The fraction of sp³-hybridized carbons (Fsp3) is 0.116. The number of rotatable bonds is 6. The van der Waals surface area contributed by atoms with Gasteiger partial charge in [-0.1, -0.05) is 163 Å². The monoisotopic (exact) mass is 951 g/mol. The summed E-state index contributed by atoms with van der Waals surface area (Å²) in [6.45, 7) is 14.0. The van der Waals surface area contributed by atoms with Gasteiger partial charge in [-0.3, -0.25) is 4.40 Å². The van der Waals surface area contributed by atoms with Gasteiger partial charge in [0.15, 0.2) is 0 Å². The molecule has 5 heterocycles. The van der Waals surface area contributed by atoms with Crippen LogP contribution in [0.4, 0.5) is 34.1 Å². The van der Waals surface area contributed by atoms with Crippen molar-refractivity contribution in [2.45, 2.75) is 52.4 Å². The Labute approximate surface area is 429 Å². The summed E-state index contributed by atoms with van der Waals surface area (Å²) in [5.41, 5.74) is 16.8. The first-order chi connectivity index (χ1) is 36.0. The van der Waals surface area contributed by atoms with Crippen LogP contribution in [0.25, 0.3) is 98.0 Å². The lowest BCUT2D eigenvalue weighted by Crippen LogP contribution is -2.15. The molecule has 10 aromatic carbocycles. The van der Waals surface area contributed by atoms with Crippen LogP contribution in [-0.4, -0.2) is 13.8 Å². The SMILES string of the molecule is CC(C)(C)c1cc(N(c2ccccc2)c2ccccc2)c2c(c1)c1cc(C(C)(C)C)cc3c4nc5c(cc4n2c13)c1c2ccccc2cc2c3cc4ccccc4c(N(c4ccccc4)c4ccccc4)c3n5c21. The second-order valence-corrected chi connectivity index (χ2v) is 22.4. The molecule has 15 rings (SSSR count). The second-order valence-electron chi connectivity index (χ2n) is 22.4. The summed E-state index contributed by atoms with van der Waals surface area (Å²) in [5, 5.41) is 13.3. The maximum Gasteiger partial charge on any atom is 0.146 e. The summed E-state index contributed by atoms with van der Waals surface area (Å²) in [4.78, 5) is 11.1. The first-order valence-corrected chi connectivity index (χ1v) is 26.0. The first kappa shape index (κ1) is 42.7. The fourth-order valence-electron chi connectivity index (χ4n) is 12.4. The third kappa shape index (κ3) is 6.01. The second kappa shape index (κ2) is 15.3. The average Bonchev–Trinajstić information content (AvgIpc) is 4.17. The summed E-state index contributed by atoms with van der Waals surface area (Å²) in [5.74, 6) is 0. The standard InChI is InChI=1S/C69H53N5/c1-68(2,3)44-37-54-55-38-45(69(4,5)6)40-59(71(46-25-11-7-12-26-46)47-27-13-8-14-28-47)63(55)73-58-41-56-60-50-33-21-19-23-42(50)35-52-53-36-43-24-20-22-34-51(43)65(72(48-29-15-9-16-30-48)49-31-17-10-18-32-49)66(53)74(64(52)60)67(56)70-61(58)57(39-44)62(54)73/h7-41H,1-6H3. The predicted octanol–water partition coefficient (Wildman–Crippen LogP) is 19.2. The summed E-state index contributed by atoms with van der Waals surface area (Å²) in [6.07, 6.45) is 0. The van der Waals surface area contributed by atoms with E-state index in [1.807, 2.05) is 0 Å². The lowest BCUT2D eigenvalue weighted by atomic mass is 9.84. The van der Waals surface area contributed by atoms with Gasteiger partial charge in [0.05, 0.1) is 44.5 Å². The van der Waals surface area contributed by atoms with Crippen LogP contribution in [0.3, 0.4) is 0 Å². The van der Waals surface area contributed by atoms with E-state index >= 15 is 0 Å². The molecule has 0 aliphatic carbocycles. The van der Waals surface area contributed by atoms with Crippen molar-refractivity contribution in [2.24, 2.45) is 0 Å². The number of anilines is 6. The van der Waals surface area contributed by atoms with E-state index in [0.29, 0.717) is 0 Å². The lowest BCUT2D eigenvalue weighted by molar-refractivity contribution is 0.591. The maximum absolute atomic E-state index is 6.13. The number of hydrogen-bond donors (Lipinski definition) is 0. The van der Waals surface area contributed by atoms with Crippen LogP contribution in [0.15, 0.2) is 212 Å². The number of para-hydroxylation sites is 4. The Morgan fingerprint density at radius 2 is 0.797 bits per heavy atom.